The Morgan fingerprint density at radius 3 is 1.82 bits per heavy atom. The Bertz CT molecular complexity index is 367. The minimum Gasteiger partial charge on any atom is -0.481 e. The molecular weight excluding hydrogens is 236 g/mol. The van der Waals surface area contributed by atoms with E-state index in [2.05, 4.69) is 0 Å². The summed E-state index contributed by atoms with van der Waals surface area (Å²) in [6.45, 7) is 0. The predicted molar refractivity (Wildman–Crippen MR) is 52.0 cm³/mol. The Morgan fingerprint density at radius 2 is 1.53 bits per heavy atom. The Labute approximate surface area is 95.0 Å². The Balaban J connectivity index is 5.07. The fourth-order valence-electron chi connectivity index (χ4n) is 1.12. The van der Waals surface area contributed by atoms with Gasteiger partial charge in [-0.3, -0.25) is 14.4 Å². The first kappa shape index (κ1) is 15.0. The van der Waals surface area contributed by atoms with Crippen LogP contribution in [0.1, 0.15) is 12.8 Å². The summed E-state index contributed by atoms with van der Waals surface area (Å²) in [6.07, 6.45) is -2.00. The molecule has 0 amide bonds. The lowest BCUT2D eigenvalue weighted by molar-refractivity contribution is -0.155. The normalized spacial score (nSPS) is 15.6. The van der Waals surface area contributed by atoms with E-state index in [1.807, 2.05) is 0 Å². The molecule has 17 heavy (non-hydrogen) atoms. The van der Waals surface area contributed by atoms with Crippen molar-refractivity contribution in [2.24, 2.45) is 11.5 Å². The third-order valence-electron chi connectivity index (χ3n) is 1.98. The van der Waals surface area contributed by atoms with Crippen molar-refractivity contribution in [1.82, 2.24) is 0 Å². The molecule has 96 valence electrons. The van der Waals surface area contributed by atoms with Crippen LogP contribution < -0.4 is 11.5 Å². The lowest BCUT2D eigenvalue weighted by Crippen LogP contribution is -2.61. The summed E-state index contributed by atoms with van der Waals surface area (Å²) in [5, 5.41) is 25.6. The summed E-state index contributed by atoms with van der Waals surface area (Å²) in [7, 11) is 0. The molecule has 0 saturated carbocycles. The van der Waals surface area contributed by atoms with Gasteiger partial charge in [0, 0.05) is 0 Å². The van der Waals surface area contributed by atoms with Gasteiger partial charge in [0.25, 0.3) is 0 Å². The molecule has 0 spiro atoms. The molecule has 0 aromatic heterocycles. The van der Waals surface area contributed by atoms with Gasteiger partial charge in [-0.1, -0.05) is 0 Å². The van der Waals surface area contributed by atoms with Crippen LogP contribution in [0, 0.1) is 0 Å². The molecular formula is C8H12N2O7. The number of hydrogen-bond acceptors (Lipinski definition) is 6. The van der Waals surface area contributed by atoms with Gasteiger partial charge in [-0.15, -0.1) is 0 Å². The van der Waals surface area contributed by atoms with E-state index < -0.39 is 48.1 Å². The van der Waals surface area contributed by atoms with Gasteiger partial charge >= 0.3 is 17.9 Å². The van der Waals surface area contributed by atoms with Crippen LogP contribution >= 0.6 is 0 Å². The molecule has 2 unspecified atom stereocenters. The number of hydrogen-bond donors (Lipinski definition) is 5. The molecule has 0 radical (unpaired) electrons. The molecule has 9 heteroatoms. The fourth-order valence-corrected chi connectivity index (χ4v) is 1.12. The van der Waals surface area contributed by atoms with Crippen LogP contribution in [0.25, 0.3) is 0 Å². The predicted octanol–water partition coefficient (Wildman–Crippen LogP) is -2.39. The van der Waals surface area contributed by atoms with Gasteiger partial charge < -0.3 is 26.8 Å². The lowest BCUT2D eigenvalue weighted by Gasteiger charge is -2.23. The first-order chi connectivity index (χ1) is 7.61. The van der Waals surface area contributed by atoms with Crippen LogP contribution in [0.5, 0.6) is 0 Å². The van der Waals surface area contributed by atoms with Gasteiger partial charge in [0.15, 0.2) is 11.3 Å². The van der Waals surface area contributed by atoms with Crippen molar-refractivity contribution < 1.29 is 34.5 Å². The quantitative estimate of drug-likeness (QED) is 0.307. The molecule has 0 aromatic carbocycles. The third kappa shape index (κ3) is 3.81. The number of rotatable bonds is 7. The SMILES string of the molecule is NC(CC(=O)O)C(=O)C(N)(CC(=O)O)C(=O)O. The van der Waals surface area contributed by atoms with Crippen molar-refractivity contribution in [3.05, 3.63) is 0 Å². The number of carbonyl (C=O) groups excluding carboxylic acids is 1. The van der Waals surface area contributed by atoms with E-state index in [9.17, 15) is 19.2 Å². The number of carboxylic acids is 3. The summed E-state index contributed by atoms with van der Waals surface area (Å²) < 4.78 is 0. The second kappa shape index (κ2) is 5.37. The Hall–Kier alpha value is -2.00. The molecule has 7 N–H and O–H groups in total. The second-order valence-corrected chi connectivity index (χ2v) is 3.42. The Kier molecular flexibility index (Phi) is 4.73. The van der Waals surface area contributed by atoms with E-state index in [4.69, 9.17) is 26.8 Å². The van der Waals surface area contributed by atoms with E-state index in [0.29, 0.717) is 0 Å². The van der Waals surface area contributed by atoms with Gasteiger partial charge in [0.2, 0.25) is 0 Å². The molecule has 0 aliphatic rings. The molecule has 0 aliphatic carbocycles. The van der Waals surface area contributed by atoms with Gasteiger partial charge in [-0.05, 0) is 0 Å². The summed E-state index contributed by atoms with van der Waals surface area (Å²) in [5.41, 5.74) is 7.59. The van der Waals surface area contributed by atoms with Gasteiger partial charge in [-0.25, -0.2) is 4.79 Å². The van der Waals surface area contributed by atoms with Crippen LogP contribution in [0.4, 0.5) is 0 Å². The maximum absolute atomic E-state index is 11.5. The van der Waals surface area contributed by atoms with Crippen LogP contribution in [-0.4, -0.2) is 50.6 Å². The number of Topliss-reactive ketones (excluding diaryl/α,β-unsaturated/α-hetero) is 1. The molecule has 0 saturated heterocycles. The summed E-state index contributed by atoms with van der Waals surface area (Å²) >= 11 is 0. The van der Waals surface area contributed by atoms with Gasteiger partial charge in [-0.2, -0.15) is 0 Å². The minimum absolute atomic E-state index is 0.829. The molecule has 0 heterocycles. The molecule has 0 fully saturated rings. The highest BCUT2D eigenvalue weighted by Crippen LogP contribution is 2.12. The highest BCUT2D eigenvalue weighted by molar-refractivity contribution is 6.12. The van der Waals surface area contributed by atoms with Crippen molar-refractivity contribution in [2.75, 3.05) is 0 Å². The standard InChI is InChI=1S/C8H12N2O7/c9-3(1-4(11)12)6(15)8(10,7(16)17)2-5(13)14/h3H,1-2,9-10H2,(H,11,12)(H,13,14)(H,16,17). The second-order valence-electron chi connectivity index (χ2n) is 3.42. The molecule has 0 bridgehead atoms. The number of ketones is 1. The minimum atomic E-state index is -2.72. The van der Waals surface area contributed by atoms with Crippen molar-refractivity contribution in [3.8, 4) is 0 Å². The van der Waals surface area contributed by atoms with Crippen LogP contribution in [0.3, 0.4) is 0 Å². The summed E-state index contributed by atoms with van der Waals surface area (Å²) in [6, 6.07) is -1.67. The smallest absolute Gasteiger partial charge is 0.332 e. The van der Waals surface area contributed by atoms with Crippen molar-refractivity contribution in [3.63, 3.8) is 0 Å². The maximum Gasteiger partial charge on any atom is 0.332 e. The monoisotopic (exact) mass is 248 g/mol. The Morgan fingerprint density at radius 1 is 1.06 bits per heavy atom. The van der Waals surface area contributed by atoms with E-state index >= 15 is 0 Å². The topological polar surface area (TPSA) is 181 Å². The first-order valence-electron chi connectivity index (χ1n) is 4.37. The largest absolute Gasteiger partial charge is 0.481 e. The van der Waals surface area contributed by atoms with E-state index in [1.165, 1.54) is 0 Å². The zero-order valence-corrected chi connectivity index (χ0v) is 8.62. The zero-order chi connectivity index (χ0) is 13.8. The van der Waals surface area contributed by atoms with Crippen LogP contribution in [0.15, 0.2) is 0 Å². The summed E-state index contributed by atoms with van der Waals surface area (Å²) in [4.78, 5) is 43.0. The molecule has 0 rings (SSSR count). The van der Waals surface area contributed by atoms with E-state index in [-0.39, 0.29) is 0 Å². The highest BCUT2D eigenvalue weighted by Gasteiger charge is 2.46. The van der Waals surface area contributed by atoms with E-state index in [0.717, 1.165) is 0 Å². The fraction of sp³-hybridized carbons (Fsp3) is 0.500. The number of aliphatic carboxylic acids is 3. The van der Waals surface area contributed by atoms with Crippen molar-refractivity contribution in [1.29, 1.82) is 0 Å². The maximum atomic E-state index is 11.5. The molecule has 2 atom stereocenters. The highest BCUT2D eigenvalue weighted by atomic mass is 16.4. The number of carbonyl (C=O) groups is 4. The van der Waals surface area contributed by atoms with Crippen LogP contribution in [-0.2, 0) is 19.2 Å². The zero-order valence-electron chi connectivity index (χ0n) is 8.62. The lowest BCUT2D eigenvalue weighted by atomic mass is 9.86. The third-order valence-corrected chi connectivity index (χ3v) is 1.98. The van der Waals surface area contributed by atoms with Crippen molar-refractivity contribution >= 4 is 23.7 Å². The summed E-state index contributed by atoms with van der Waals surface area (Å²) in [5.74, 6) is -6.24. The van der Waals surface area contributed by atoms with E-state index in [1.54, 1.807) is 0 Å². The molecule has 0 aliphatic heterocycles. The van der Waals surface area contributed by atoms with Crippen LogP contribution in [0.2, 0.25) is 0 Å². The number of nitrogens with two attached hydrogens (primary N) is 2. The van der Waals surface area contributed by atoms with Gasteiger partial charge in [0.05, 0.1) is 18.9 Å². The average Bonchev–Trinajstić information content (AvgIpc) is 2.13. The number of carboxylic acid groups (broad SMARTS) is 3. The first-order valence-corrected chi connectivity index (χ1v) is 4.37. The average molecular weight is 248 g/mol. The molecule has 9 nitrogen and oxygen atoms in total. The molecule has 0 aromatic rings. The van der Waals surface area contributed by atoms with Crippen molar-refractivity contribution in [2.45, 2.75) is 24.4 Å². The van der Waals surface area contributed by atoms with Gasteiger partial charge in [0.1, 0.15) is 0 Å².